The lowest BCUT2D eigenvalue weighted by Gasteiger charge is -2.27. The van der Waals surface area contributed by atoms with E-state index in [-0.39, 0.29) is 5.95 Å². The summed E-state index contributed by atoms with van der Waals surface area (Å²) in [6.45, 7) is 2.63. The quantitative estimate of drug-likeness (QED) is 0.773. The molecule has 0 aliphatic carbocycles. The van der Waals surface area contributed by atoms with Gasteiger partial charge in [0.1, 0.15) is 11.5 Å². The van der Waals surface area contributed by atoms with Crippen molar-refractivity contribution in [2.45, 2.75) is 26.0 Å². The maximum absolute atomic E-state index is 12.4. The summed E-state index contributed by atoms with van der Waals surface area (Å²) in [4.78, 5) is 13.8. The summed E-state index contributed by atoms with van der Waals surface area (Å²) in [7, 11) is 0. The molecule has 1 aliphatic heterocycles. The van der Waals surface area contributed by atoms with Crippen molar-refractivity contribution >= 4 is 12.0 Å². The van der Waals surface area contributed by atoms with Gasteiger partial charge in [-0.25, -0.2) is 4.79 Å². The third-order valence-corrected chi connectivity index (χ3v) is 3.94. The van der Waals surface area contributed by atoms with Crippen molar-refractivity contribution in [3.8, 4) is 11.5 Å². The lowest BCUT2D eigenvalue weighted by molar-refractivity contribution is 0.125. The Labute approximate surface area is 149 Å². The van der Waals surface area contributed by atoms with Crippen LogP contribution >= 0.6 is 0 Å². The normalized spacial score (nSPS) is 12.7. The molecule has 0 radical (unpaired) electrons. The largest absolute Gasteiger partial charge is 0.456 e. The second kappa shape index (κ2) is 6.83. The highest BCUT2D eigenvalue weighted by Gasteiger charge is 2.30. The molecular formula is C18H17N5O3. The fraction of sp³-hybridized carbons (Fsp3) is 0.222. The molecule has 0 bridgehead atoms. The van der Waals surface area contributed by atoms with Gasteiger partial charge in [-0.1, -0.05) is 48.4 Å². The predicted molar refractivity (Wildman–Crippen MR) is 93.0 cm³/mol. The Morgan fingerprint density at radius 2 is 1.81 bits per heavy atom. The zero-order chi connectivity index (χ0) is 17.9. The summed E-state index contributed by atoms with van der Waals surface area (Å²) in [5.74, 6) is 1.43. The SMILES string of the molecule is CCCn1nnc(NC(=O)OC2c3ccccc3Oc3ccccc32)n1. The number of para-hydroxylation sites is 2. The highest BCUT2D eigenvalue weighted by atomic mass is 16.6. The molecule has 132 valence electrons. The van der Waals surface area contributed by atoms with E-state index in [0.29, 0.717) is 18.0 Å². The molecular weight excluding hydrogens is 334 g/mol. The van der Waals surface area contributed by atoms with E-state index in [1.165, 1.54) is 4.80 Å². The molecule has 26 heavy (non-hydrogen) atoms. The molecule has 0 unspecified atom stereocenters. The highest BCUT2D eigenvalue weighted by Crippen LogP contribution is 2.44. The third-order valence-electron chi connectivity index (χ3n) is 3.94. The number of ether oxygens (including phenoxy) is 2. The molecule has 0 atom stereocenters. The van der Waals surface area contributed by atoms with Crippen molar-refractivity contribution in [1.29, 1.82) is 0 Å². The van der Waals surface area contributed by atoms with E-state index in [1.807, 2.05) is 55.5 Å². The van der Waals surface area contributed by atoms with Crippen LogP contribution in [0.4, 0.5) is 10.7 Å². The van der Waals surface area contributed by atoms with Gasteiger partial charge in [-0.3, -0.25) is 5.32 Å². The summed E-state index contributed by atoms with van der Waals surface area (Å²) in [5.41, 5.74) is 1.56. The molecule has 1 N–H and O–H groups in total. The molecule has 0 saturated carbocycles. The Bertz CT molecular complexity index is 894. The minimum atomic E-state index is -0.655. The van der Waals surface area contributed by atoms with Crippen LogP contribution in [0.25, 0.3) is 0 Å². The Hall–Kier alpha value is -3.42. The smallest absolute Gasteiger partial charge is 0.415 e. The van der Waals surface area contributed by atoms with Gasteiger partial charge in [0, 0.05) is 11.1 Å². The number of tetrazole rings is 1. The number of nitrogens with zero attached hydrogens (tertiary/aromatic N) is 4. The summed E-state index contributed by atoms with van der Waals surface area (Å²) >= 11 is 0. The number of anilines is 1. The molecule has 0 spiro atoms. The van der Waals surface area contributed by atoms with Gasteiger partial charge in [-0.2, -0.15) is 4.80 Å². The minimum absolute atomic E-state index is 0.108. The van der Waals surface area contributed by atoms with Crippen LogP contribution in [-0.4, -0.2) is 26.3 Å². The van der Waals surface area contributed by atoms with Crippen LogP contribution in [0.5, 0.6) is 11.5 Å². The first-order valence-electron chi connectivity index (χ1n) is 8.35. The standard InChI is InChI=1S/C18H17N5O3/c1-2-11-23-21-17(20-22-23)19-18(24)26-16-12-7-3-5-9-14(12)25-15-10-6-4-8-13(15)16/h3-10,16H,2,11H2,1H3,(H,19,21,24). The van der Waals surface area contributed by atoms with Crippen molar-refractivity contribution in [3.63, 3.8) is 0 Å². The molecule has 3 aromatic rings. The molecule has 1 aromatic heterocycles. The highest BCUT2D eigenvalue weighted by molar-refractivity contribution is 5.82. The number of hydrogen-bond acceptors (Lipinski definition) is 6. The van der Waals surface area contributed by atoms with Gasteiger partial charge in [0.05, 0.1) is 6.54 Å². The van der Waals surface area contributed by atoms with Crippen molar-refractivity contribution < 1.29 is 14.3 Å². The molecule has 0 saturated heterocycles. The van der Waals surface area contributed by atoms with E-state index in [0.717, 1.165) is 17.5 Å². The number of carbonyl (C=O) groups is 1. The van der Waals surface area contributed by atoms with Crippen LogP contribution in [0, 0.1) is 0 Å². The van der Waals surface area contributed by atoms with Gasteiger partial charge in [-0.15, -0.1) is 5.10 Å². The first kappa shape index (κ1) is 16.1. The fourth-order valence-electron chi connectivity index (χ4n) is 2.81. The van der Waals surface area contributed by atoms with Crippen LogP contribution in [0.3, 0.4) is 0 Å². The number of fused-ring (bicyclic) bond motifs is 2. The molecule has 8 nitrogen and oxygen atoms in total. The topological polar surface area (TPSA) is 91.2 Å². The molecule has 2 heterocycles. The Kier molecular flexibility index (Phi) is 4.22. The molecule has 1 amide bonds. The Morgan fingerprint density at radius 3 is 2.46 bits per heavy atom. The van der Waals surface area contributed by atoms with Gasteiger partial charge in [0.15, 0.2) is 6.10 Å². The van der Waals surface area contributed by atoms with Gasteiger partial charge >= 0.3 is 6.09 Å². The van der Waals surface area contributed by atoms with Crippen LogP contribution in [0.2, 0.25) is 0 Å². The van der Waals surface area contributed by atoms with E-state index in [9.17, 15) is 4.79 Å². The minimum Gasteiger partial charge on any atom is -0.456 e. The number of carbonyl (C=O) groups excluding carboxylic acids is 1. The fourth-order valence-corrected chi connectivity index (χ4v) is 2.81. The van der Waals surface area contributed by atoms with Gasteiger partial charge in [0.25, 0.3) is 5.95 Å². The third kappa shape index (κ3) is 3.08. The summed E-state index contributed by atoms with van der Waals surface area (Å²) in [5, 5.41) is 14.3. The maximum Gasteiger partial charge on any atom is 0.415 e. The van der Waals surface area contributed by atoms with E-state index in [2.05, 4.69) is 20.7 Å². The average Bonchev–Trinajstić information content (AvgIpc) is 3.08. The van der Waals surface area contributed by atoms with Crippen LogP contribution in [-0.2, 0) is 11.3 Å². The van der Waals surface area contributed by atoms with Crippen molar-refractivity contribution in [1.82, 2.24) is 20.2 Å². The first-order valence-corrected chi connectivity index (χ1v) is 8.35. The van der Waals surface area contributed by atoms with Crippen LogP contribution in [0.1, 0.15) is 30.6 Å². The van der Waals surface area contributed by atoms with Crippen molar-refractivity contribution in [2.75, 3.05) is 5.32 Å². The number of amides is 1. The second-order valence-electron chi connectivity index (χ2n) is 5.80. The van der Waals surface area contributed by atoms with Gasteiger partial charge in [-0.05, 0) is 23.8 Å². The predicted octanol–water partition coefficient (Wildman–Crippen LogP) is 3.53. The number of rotatable bonds is 4. The Balaban J connectivity index is 1.56. The molecule has 1 aliphatic rings. The molecule has 2 aromatic carbocycles. The lowest BCUT2D eigenvalue weighted by atomic mass is 9.97. The van der Waals surface area contributed by atoms with Crippen LogP contribution < -0.4 is 10.1 Å². The average molecular weight is 351 g/mol. The Morgan fingerprint density at radius 1 is 1.15 bits per heavy atom. The van der Waals surface area contributed by atoms with E-state index >= 15 is 0 Å². The number of nitrogens with one attached hydrogen (secondary N) is 1. The van der Waals surface area contributed by atoms with E-state index in [1.54, 1.807) is 0 Å². The van der Waals surface area contributed by atoms with Crippen molar-refractivity contribution in [3.05, 3.63) is 59.7 Å². The first-order chi connectivity index (χ1) is 12.7. The zero-order valence-electron chi connectivity index (χ0n) is 14.1. The summed E-state index contributed by atoms with van der Waals surface area (Å²) in [6, 6.07) is 14.9. The monoisotopic (exact) mass is 351 g/mol. The van der Waals surface area contributed by atoms with Crippen LogP contribution in [0.15, 0.2) is 48.5 Å². The number of hydrogen-bond donors (Lipinski definition) is 1. The molecule has 8 heteroatoms. The number of benzene rings is 2. The summed E-state index contributed by atoms with van der Waals surface area (Å²) in [6.07, 6.45) is -0.366. The molecule has 4 rings (SSSR count). The number of aromatic nitrogens is 4. The van der Waals surface area contributed by atoms with Crippen molar-refractivity contribution in [2.24, 2.45) is 0 Å². The summed E-state index contributed by atoms with van der Waals surface area (Å²) < 4.78 is 11.6. The van der Waals surface area contributed by atoms with E-state index < -0.39 is 12.2 Å². The second-order valence-corrected chi connectivity index (χ2v) is 5.80. The molecule has 0 fully saturated rings. The van der Waals surface area contributed by atoms with Gasteiger partial charge < -0.3 is 9.47 Å². The van der Waals surface area contributed by atoms with E-state index in [4.69, 9.17) is 9.47 Å². The number of aryl methyl sites for hydroxylation is 1. The zero-order valence-corrected chi connectivity index (χ0v) is 14.1. The van der Waals surface area contributed by atoms with Gasteiger partial charge in [0.2, 0.25) is 0 Å². The maximum atomic E-state index is 12.4. The lowest BCUT2D eigenvalue weighted by Crippen LogP contribution is -2.21.